The summed E-state index contributed by atoms with van der Waals surface area (Å²) in [5, 5.41) is 0. The van der Waals surface area contributed by atoms with E-state index < -0.39 is 0 Å². The fourth-order valence-corrected chi connectivity index (χ4v) is 2.62. The van der Waals surface area contributed by atoms with Crippen molar-refractivity contribution in [2.45, 2.75) is 27.7 Å². The van der Waals surface area contributed by atoms with Crippen molar-refractivity contribution < 1.29 is 0 Å². The van der Waals surface area contributed by atoms with Crippen LogP contribution in [0.2, 0.25) is 0 Å². The molecule has 2 aromatic rings. The molecule has 0 atom stereocenters. The molecule has 0 spiro atoms. The Morgan fingerprint density at radius 2 is 1.74 bits per heavy atom. The monoisotopic (exact) mass is 320 g/mol. The lowest BCUT2D eigenvalue weighted by atomic mass is 10.3. The van der Waals surface area contributed by atoms with Crippen molar-refractivity contribution in [2.75, 3.05) is 11.4 Å². The van der Waals surface area contributed by atoms with Crippen LogP contribution in [0.5, 0.6) is 0 Å². The number of hydrogen-bond acceptors (Lipinski definition) is 4. The molecule has 19 heavy (non-hydrogen) atoms. The molecule has 2 heterocycles. The zero-order valence-electron chi connectivity index (χ0n) is 11.6. The van der Waals surface area contributed by atoms with Crippen LogP contribution in [0, 0.1) is 20.8 Å². The molecule has 0 aromatic carbocycles. The number of halogens is 1. The summed E-state index contributed by atoms with van der Waals surface area (Å²) in [5.74, 6) is 1.54. The van der Waals surface area contributed by atoms with Crippen LogP contribution in [0.3, 0.4) is 0 Å². The zero-order valence-corrected chi connectivity index (χ0v) is 13.2. The van der Waals surface area contributed by atoms with Gasteiger partial charge in [-0.2, -0.15) is 0 Å². The molecular formula is C14H17BrN4. The number of aromatic nitrogens is 3. The lowest BCUT2D eigenvalue weighted by molar-refractivity contribution is 0.898. The normalized spacial score (nSPS) is 10.6. The van der Waals surface area contributed by atoms with E-state index in [1.165, 1.54) is 0 Å². The molecule has 0 N–H and O–H groups in total. The molecule has 0 radical (unpaired) electrons. The molecule has 0 saturated heterocycles. The van der Waals surface area contributed by atoms with Crippen molar-refractivity contribution in [3.8, 4) is 0 Å². The van der Waals surface area contributed by atoms with Gasteiger partial charge in [0.1, 0.15) is 5.82 Å². The Morgan fingerprint density at radius 3 is 2.26 bits per heavy atom. The van der Waals surface area contributed by atoms with E-state index in [2.05, 4.69) is 37.8 Å². The average Bonchev–Trinajstić information content (AvgIpc) is 2.31. The number of anilines is 2. The van der Waals surface area contributed by atoms with Crippen molar-refractivity contribution >= 4 is 27.7 Å². The maximum absolute atomic E-state index is 4.50. The van der Waals surface area contributed by atoms with Gasteiger partial charge in [0.15, 0.2) is 0 Å². The first-order valence-electron chi connectivity index (χ1n) is 6.23. The Morgan fingerprint density at radius 1 is 1.11 bits per heavy atom. The van der Waals surface area contributed by atoms with Gasteiger partial charge in [-0.05, 0) is 61.3 Å². The van der Waals surface area contributed by atoms with E-state index in [0.717, 1.165) is 33.8 Å². The van der Waals surface area contributed by atoms with Crippen LogP contribution in [0.1, 0.15) is 23.9 Å². The predicted molar refractivity (Wildman–Crippen MR) is 80.9 cm³/mol. The molecule has 2 rings (SSSR count). The minimum Gasteiger partial charge on any atom is -0.294 e. The summed E-state index contributed by atoms with van der Waals surface area (Å²) in [6, 6.07) is 4.02. The second-order valence-electron chi connectivity index (χ2n) is 4.51. The zero-order chi connectivity index (χ0) is 14.0. The first kappa shape index (κ1) is 13.9. The van der Waals surface area contributed by atoms with Crippen molar-refractivity contribution in [2.24, 2.45) is 0 Å². The number of nitrogens with zero attached hydrogens (tertiary/aromatic N) is 4. The lowest BCUT2D eigenvalue weighted by Crippen LogP contribution is -2.21. The van der Waals surface area contributed by atoms with Gasteiger partial charge in [-0.15, -0.1) is 0 Å². The molecule has 0 aliphatic heterocycles. The highest BCUT2D eigenvalue weighted by Gasteiger charge is 2.15. The van der Waals surface area contributed by atoms with Gasteiger partial charge in [0, 0.05) is 24.1 Å². The van der Waals surface area contributed by atoms with Crippen LogP contribution in [0.15, 0.2) is 22.8 Å². The molecule has 0 saturated carbocycles. The topological polar surface area (TPSA) is 41.9 Å². The van der Waals surface area contributed by atoms with Crippen LogP contribution in [-0.4, -0.2) is 21.5 Å². The molecule has 0 fully saturated rings. The van der Waals surface area contributed by atoms with Gasteiger partial charge in [0.2, 0.25) is 5.95 Å². The summed E-state index contributed by atoms with van der Waals surface area (Å²) in [6.45, 7) is 8.80. The van der Waals surface area contributed by atoms with E-state index in [0.29, 0.717) is 5.95 Å². The molecular weight excluding hydrogens is 304 g/mol. The number of hydrogen-bond donors (Lipinski definition) is 0. The predicted octanol–water partition coefficient (Wildman–Crippen LogP) is 3.72. The fourth-order valence-electron chi connectivity index (χ4n) is 1.94. The van der Waals surface area contributed by atoms with E-state index in [-0.39, 0.29) is 0 Å². The number of pyridine rings is 1. The first-order chi connectivity index (χ1) is 9.01. The highest BCUT2D eigenvalue weighted by atomic mass is 79.9. The number of aryl methyl sites for hydroxylation is 3. The van der Waals surface area contributed by atoms with E-state index in [9.17, 15) is 0 Å². The molecule has 100 valence electrons. The second-order valence-corrected chi connectivity index (χ2v) is 5.37. The van der Waals surface area contributed by atoms with E-state index in [4.69, 9.17) is 0 Å². The Kier molecular flexibility index (Phi) is 4.14. The molecule has 4 nitrogen and oxygen atoms in total. The van der Waals surface area contributed by atoms with Gasteiger partial charge in [-0.25, -0.2) is 15.0 Å². The van der Waals surface area contributed by atoms with Gasteiger partial charge in [0.05, 0.1) is 4.47 Å². The van der Waals surface area contributed by atoms with Crippen LogP contribution in [-0.2, 0) is 0 Å². The molecule has 5 heteroatoms. The maximum atomic E-state index is 4.50. The van der Waals surface area contributed by atoms with Gasteiger partial charge in [0.25, 0.3) is 0 Å². The first-order valence-corrected chi connectivity index (χ1v) is 7.02. The average molecular weight is 321 g/mol. The van der Waals surface area contributed by atoms with Crippen LogP contribution >= 0.6 is 15.9 Å². The van der Waals surface area contributed by atoms with E-state index in [1.807, 2.05) is 44.0 Å². The summed E-state index contributed by atoms with van der Waals surface area (Å²) < 4.78 is 0.956. The Hall–Kier alpha value is -1.49. The van der Waals surface area contributed by atoms with Crippen LogP contribution < -0.4 is 4.90 Å². The van der Waals surface area contributed by atoms with Crippen molar-refractivity contribution in [1.82, 2.24) is 15.0 Å². The summed E-state index contributed by atoms with van der Waals surface area (Å²) in [5.41, 5.74) is 3.04. The van der Waals surface area contributed by atoms with Crippen LogP contribution in [0.25, 0.3) is 0 Å². The summed E-state index contributed by atoms with van der Waals surface area (Å²) >= 11 is 3.56. The maximum Gasteiger partial charge on any atom is 0.231 e. The quantitative estimate of drug-likeness (QED) is 0.864. The largest absolute Gasteiger partial charge is 0.294 e. The summed E-state index contributed by atoms with van der Waals surface area (Å²) in [7, 11) is 0. The Balaban J connectivity index is 2.49. The highest BCUT2D eigenvalue weighted by molar-refractivity contribution is 9.10. The highest BCUT2D eigenvalue weighted by Crippen LogP contribution is 2.28. The van der Waals surface area contributed by atoms with Crippen molar-refractivity contribution in [1.29, 1.82) is 0 Å². The summed E-state index contributed by atoms with van der Waals surface area (Å²) in [6.07, 6.45) is 1.85. The molecule has 0 amide bonds. The standard InChI is InChI=1S/C14H17BrN4/c1-5-19(13-12(15)6-9(2)8-16-13)14-17-10(3)7-11(4)18-14/h6-8H,5H2,1-4H3. The van der Waals surface area contributed by atoms with Crippen molar-refractivity contribution in [3.05, 3.63) is 39.8 Å². The van der Waals surface area contributed by atoms with Gasteiger partial charge < -0.3 is 0 Å². The van der Waals surface area contributed by atoms with Crippen molar-refractivity contribution in [3.63, 3.8) is 0 Å². The molecule has 0 bridgehead atoms. The second kappa shape index (κ2) is 5.65. The van der Waals surface area contributed by atoms with Gasteiger partial charge >= 0.3 is 0 Å². The number of rotatable bonds is 3. The Bertz CT molecular complexity index is 578. The third-order valence-electron chi connectivity index (χ3n) is 2.74. The Labute approximate surface area is 122 Å². The molecule has 0 aliphatic rings. The minimum absolute atomic E-state index is 0.692. The van der Waals surface area contributed by atoms with E-state index >= 15 is 0 Å². The fraction of sp³-hybridized carbons (Fsp3) is 0.357. The van der Waals surface area contributed by atoms with Gasteiger partial charge in [-0.3, -0.25) is 4.90 Å². The lowest BCUT2D eigenvalue weighted by Gasteiger charge is -2.21. The summed E-state index contributed by atoms with van der Waals surface area (Å²) in [4.78, 5) is 15.5. The molecule has 2 aromatic heterocycles. The smallest absolute Gasteiger partial charge is 0.231 e. The SMILES string of the molecule is CCN(c1nc(C)cc(C)n1)c1ncc(C)cc1Br. The molecule has 0 unspecified atom stereocenters. The minimum atomic E-state index is 0.692. The van der Waals surface area contributed by atoms with E-state index in [1.54, 1.807) is 0 Å². The van der Waals surface area contributed by atoms with Crippen LogP contribution in [0.4, 0.5) is 11.8 Å². The third-order valence-corrected chi connectivity index (χ3v) is 3.33. The van der Waals surface area contributed by atoms with Gasteiger partial charge in [-0.1, -0.05) is 0 Å². The third kappa shape index (κ3) is 3.10. The molecule has 0 aliphatic carbocycles.